The first kappa shape index (κ1) is 19.4. The number of nitrogens with zero attached hydrogens (tertiary/aromatic N) is 4. The maximum atomic E-state index is 12.0. The lowest BCUT2D eigenvalue weighted by Crippen LogP contribution is -2.14. The number of carbonyl (C=O) groups is 1. The highest BCUT2D eigenvalue weighted by Crippen LogP contribution is 2.22. The van der Waals surface area contributed by atoms with Gasteiger partial charge in [-0.1, -0.05) is 23.9 Å². The van der Waals surface area contributed by atoms with Crippen LogP contribution in [0.1, 0.15) is 22.6 Å². The maximum absolute atomic E-state index is 12.0. The minimum absolute atomic E-state index is 0.120. The predicted octanol–water partition coefficient (Wildman–Crippen LogP) is 3.51. The van der Waals surface area contributed by atoms with Crippen molar-refractivity contribution in [2.75, 3.05) is 11.1 Å². The third-order valence-corrected chi connectivity index (χ3v) is 5.72. The number of ether oxygens (including phenoxy) is 1. The fourth-order valence-electron chi connectivity index (χ4n) is 2.30. The first-order valence-corrected chi connectivity index (χ1v) is 10.2. The van der Waals surface area contributed by atoms with Crippen LogP contribution in [0.3, 0.4) is 0 Å². The van der Waals surface area contributed by atoms with Crippen molar-refractivity contribution in [1.82, 2.24) is 19.7 Å². The number of hydrogen-bond donors (Lipinski definition) is 1. The molecule has 0 aliphatic heterocycles. The largest absolute Gasteiger partial charge is 0.485 e. The van der Waals surface area contributed by atoms with Crippen LogP contribution in [0.2, 0.25) is 0 Å². The molecule has 3 rings (SSSR count). The van der Waals surface area contributed by atoms with Gasteiger partial charge in [0.25, 0.3) is 0 Å². The van der Waals surface area contributed by atoms with Crippen molar-refractivity contribution in [2.24, 2.45) is 7.05 Å². The highest BCUT2D eigenvalue weighted by atomic mass is 32.2. The molecule has 1 amide bonds. The van der Waals surface area contributed by atoms with Crippen LogP contribution in [-0.2, 0) is 18.4 Å². The Morgan fingerprint density at radius 3 is 2.85 bits per heavy atom. The number of nitrogens with one attached hydrogen (secondary N) is 1. The number of thioether (sulfide) groups is 1. The normalized spacial score (nSPS) is 10.8. The molecule has 27 heavy (non-hydrogen) atoms. The molecule has 0 aliphatic carbocycles. The molecule has 0 fully saturated rings. The molecule has 142 valence electrons. The SMILES string of the molecule is Cc1ccc(C)c(OCc2nnc(SCC(=O)Nc3nc(C)cs3)n2C)c1. The number of aryl methyl sites for hydroxylation is 3. The molecule has 9 heteroatoms. The molecule has 2 aromatic heterocycles. The Morgan fingerprint density at radius 2 is 2.11 bits per heavy atom. The van der Waals surface area contributed by atoms with Gasteiger partial charge in [0.15, 0.2) is 16.1 Å². The van der Waals surface area contributed by atoms with E-state index in [1.807, 2.05) is 49.9 Å². The number of hydrogen-bond acceptors (Lipinski definition) is 7. The van der Waals surface area contributed by atoms with E-state index in [1.165, 1.54) is 23.1 Å². The topological polar surface area (TPSA) is 81.9 Å². The summed E-state index contributed by atoms with van der Waals surface area (Å²) in [6.45, 7) is 6.25. The van der Waals surface area contributed by atoms with Gasteiger partial charge in [0.05, 0.1) is 11.4 Å². The summed E-state index contributed by atoms with van der Waals surface area (Å²) in [7, 11) is 1.87. The number of rotatable bonds is 7. The zero-order chi connectivity index (χ0) is 19.4. The molecule has 2 heterocycles. The number of amides is 1. The van der Waals surface area contributed by atoms with E-state index in [1.54, 1.807) is 0 Å². The molecule has 0 atom stereocenters. The Morgan fingerprint density at radius 1 is 1.30 bits per heavy atom. The van der Waals surface area contributed by atoms with E-state index in [0.29, 0.717) is 22.7 Å². The van der Waals surface area contributed by atoms with Crippen LogP contribution in [-0.4, -0.2) is 31.4 Å². The van der Waals surface area contributed by atoms with Crippen LogP contribution in [0.4, 0.5) is 5.13 Å². The van der Waals surface area contributed by atoms with Gasteiger partial charge in [-0.2, -0.15) is 0 Å². The highest BCUT2D eigenvalue weighted by Gasteiger charge is 2.13. The van der Waals surface area contributed by atoms with Crippen LogP contribution in [0, 0.1) is 20.8 Å². The van der Waals surface area contributed by atoms with Gasteiger partial charge in [-0.15, -0.1) is 21.5 Å². The highest BCUT2D eigenvalue weighted by molar-refractivity contribution is 7.99. The van der Waals surface area contributed by atoms with Crippen molar-refractivity contribution in [2.45, 2.75) is 32.5 Å². The van der Waals surface area contributed by atoms with Crippen LogP contribution in [0.15, 0.2) is 28.7 Å². The van der Waals surface area contributed by atoms with Gasteiger partial charge < -0.3 is 14.6 Å². The van der Waals surface area contributed by atoms with Gasteiger partial charge in [-0.25, -0.2) is 4.98 Å². The molecule has 0 spiro atoms. The van der Waals surface area contributed by atoms with Gasteiger partial charge in [0.1, 0.15) is 12.4 Å². The molecule has 0 saturated carbocycles. The number of aromatic nitrogens is 4. The molecule has 7 nitrogen and oxygen atoms in total. The molecule has 0 aliphatic rings. The quantitative estimate of drug-likeness (QED) is 0.608. The Hall–Kier alpha value is -2.39. The van der Waals surface area contributed by atoms with Crippen molar-refractivity contribution in [3.63, 3.8) is 0 Å². The Labute approximate surface area is 166 Å². The van der Waals surface area contributed by atoms with Gasteiger partial charge in [-0.3, -0.25) is 4.79 Å². The van der Waals surface area contributed by atoms with Crippen LogP contribution in [0.25, 0.3) is 0 Å². The predicted molar refractivity (Wildman–Crippen MR) is 107 cm³/mol. The van der Waals surface area contributed by atoms with Gasteiger partial charge in [0.2, 0.25) is 5.91 Å². The lowest BCUT2D eigenvalue weighted by Gasteiger charge is -2.09. The number of benzene rings is 1. The molecule has 1 aromatic carbocycles. The summed E-state index contributed by atoms with van der Waals surface area (Å²) in [6.07, 6.45) is 0. The zero-order valence-corrected chi connectivity index (χ0v) is 17.3. The Balaban J connectivity index is 1.55. The summed E-state index contributed by atoms with van der Waals surface area (Å²) in [5, 5.41) is 14.3. The van der Waals surface area contributed by atoms with Crippen molar-refractivity contribution in [3.8, 4) is 5.75 Å². The molecular weight excluding hydrogens is 382 g/mol. The Bertz CT molecular complexity index is 951. The van der Waals surface area contributed by atoms with E-state index in [4.69, 9.17) is 4.74 Å². The molecule has 0 saturated heterocycles. The summed E-state index contributed by atoms with van der Waals surface area (Å²) in [4.78, 5) is 16.3. The summed E-state index contributed by atoms with van der Waals surface area (Å²) < 4.78 is 7.73. The van der Waals surface area contributed by atoms with Crippen LogP contribution < -0.4 is 10.1 Å². The van der Waals surface area contributed by atoms with Crippen molar-refractivity contribution in [1.29, 1.82) is 0 Å². The first-order valence-electron chi connectivity index (χ1n) is 8.35. The zero-order valence-electron chi connectivity index (χ0n) is 15.6. The second-order valence-corrected chi connectivity index (χ2v) is 7.95. The van der Waals surface area contributed by atoms with Gasteiger partial charge in [-0.05, 0) is 38.0 Å². The maximum Gasteiger partial charge on any atom is 0.236 e. The average Bonchev–Trinajstić information content (AvgIpc) is 3.19. The van der Waals surface area contributed by atoms with Crippen LogP contribution >= 0.6 is 23.1 Å². The first-order chi connectivity index (χ1) is 12.9. The third-order valence-electron chi connectivity index (χ3n) is 3.82. The van der Waals surface area contributed by atoms with E-state index < -0.39 is 0 Å². The lowest BCUT2D eigenvalue weighted by atomic mass is 10.1. The van der Waals surface area contributed by atoms with Gasteiger partial charge in [0, 0.05) is 12.4 Å². The average molecular weight is 404 g/mol. The number of thiazole rings is 1. The van der Waals surface area contributed by atoms with Crippen molar-refractivity contribution >= 4 is 34.1 Å². The van der Waals surface area contributed by atoms with E-state index >= 15 is 0 Å². The molecule has 1 N–H and O–H groups in total. The minimum atomic E-state index is -0.120. The lowest BCUT2D eigenvalue weighted by molar-refractivity contribution is -0.113. The summed E-state index contributed by atoms with van der Waals surface area (Å²) in [6, 6.07) is 6.09. The van der Waals surface area contributed by atoms with Gasteiger partial charge >= 0.3 is 0 Å². The van der Waals surface area contributed by atoms with Crippen LogP contribution in [0.5, 0.6) is 5.75 Å². The Kier molecular flexibility index (Phi) is 6.12. The number of carbonyl (C=O) groups excluding carboxylic acids is 1. The second-order valence-electron chi connectivity index (χ2n) is 6.15. The standard InChI is InChI=1S/C18H21N5O2S2/c1-11-5-6-12(2)14(7-11)25-8-15-21-22-18(23(15)4)27-10-16(24)20-17-19-13(3)9-26-17/h5-7,9H,8,10H2,1-4H3,(H,19,20,24). The summed E-state index contributed by atoms with van der Waals surface area (Å²) in [5.41, 5.74) is 3.11. The summed E-state index contributed by atoms with van der Waals surface area (Å²) >= 11 is 2.74. The number of anilines is 1. The monoisotopic (exact) mass is 403 g/mol. The van der Waals surface area contributed by atoms with E-state index in [0.717, 1.165) is 22.6 Å². The van der Waals surface area contributed by atoms with Crippen molar-refractivity contribution in [3.05, 3.63) is 46.2 Å². The van der Waals surface area contributed by atoms with Crippen molar-refractivity contribution < 1.29 is 9.53 Å². The molecule has 3 aromatic rings. The fourth-order valence-corrected chi connectivity index (χ4v) is 3.73. The fraction of sp³-hybridized carbons (Fsp3) is 0.333. The molecular formula is C18H21N5O2S2. The summed E-state index contributed by atoms with van der Waals surface area (Å²) in [5.74, 6) is 1.66. The molecule has 0 radical (unpaired) electrons. The molecule has 0 unspecified atom stereocenters. The third kappa shape index (κ3) is 5.08. The van der Waals surface area contributed by atoms with E-state index in [-0.39, 0.29) is 11.7 Å². The minimum Gasteiger partial charge on any atom is -0.485 e. The van der Waals surface area contributed by atoms with E-state index in [2.05, 4.69) is 26.6 Å². The van der Waals surface area contributed by atoms with E-state index in [9.17, 15) is 4.79 Å². The molecule has 0 bridgehead atoms. The second kappa shape index (κ2) is 8.53. The smallest absolute Gasteiger partial charge is 0.236 e.